The van der Waals surface area contributed by atoms with E-state index in [0.717, 1.165) is 4.47 Å². The number of benzene rings is 2. The summed E-state index contributed by atoms with van der Waals surface area (Å²) >= 11 is 3.37. The molecular formula is C19H22BrNO4. The van der Waals surface area contributed by atoms with Crippen molar-refractivity contribution in [2.45, 2.75) is 26.4 Å². The van der Waals surface area contributed by atoms with Crippen molar-refractivity contribution in [2.75, 3.05) is 11.9 Å². The Bertz CT molecular complexity index is 719. The van der Waals surface area contributed by atoms with Crippen LogP contribution < -0.4 is 5.32 Å². The molecule has 0 fully saturated rings. The summed E-state index contributed by atoms with van der Waals surface area (Å²) in [6.07, 6.45) is -0.954. The molecule has 6 heteroatoms. The standard InChI is InChI=1S/C19H22BrNO4/c1-19(2,10-11-22)17(15-12-13(20)8-9-16(15)23)25-18(24)21-14-6-4-3-5-7-14/h3-9,12,17,22-23H,10-11H2,1-2H3,(H,21,24)/t17-/m1/s1. The fourth-order valence-electron chi connectivity index (χ4n) is 2.57. The van der Waals surface area contributed by atoms with Crippen LogP contribution in [-0.2, 0) is 4.74 Å². The third-order valence-electron chi connectivity index (χ3n) is 3.98. The van der Waals surface area contributed by atoms with Crippen LogP contribution in [-0.4, -0.2) is 22.9 Å². The molecule has 0 aromatic heterocycles. The summed E-state index contributed by atoms with van der Waals surface area (Å²) in [6, 6.07) is 13.9. The summed E-state index contributed by atoms with van der Waals surface area (Å²) in [6.45, 7) is 3.70. The SMILES string of the molecule is CC(C)(CCO)[C@H](OC(=O)Nc1ccccc1)c1cc(Br)ccc1O. The van der Waals surface area contributed by atoms with Crippen molar-refractivity contribution in [1.29, 1.82) is 0 Å². The highest BCUT2D eigenvalue weighted by Crippen LogP contribution is 2.43. The largest absolute Gasteiger partial charge is 0.508 e. The number of para-hydroxylation sites is 1. The van der Waals surface area contributed by atoms with E-state index in [0.29, 0.717) is 17.7 Å². The maximum atomic E-state index is 12.4. The second-order valence-electron chi connectivity index (χ2n) is 6.44. The van der Waals surface area contributed by atoms with Gasteiger partial charge in [-0.1, -0.05) is 48.0 Å². The van der Waals surface area contributed by atoms with E-state index in [-0.39, 0.29) is 12.4 Å². The van der Waals surface area contributed by atoms with E-state index in [9.17, 15) is 15.0 Å². The number of phenolic OH excluding ortho intramolecular Hbond substituents is 1. The minimum atomic E-state index is -0.735. The van der Waals surface area contributed by atoms with Crippen LogP contribution in [0.3, 0.4) is 0 Å². The zero-order valence-corrected chi connectivity index (χ0v) is 15.8. The molecule has 0 unspecified atom stereocenters. The van der Waals surface area contributed by atoms with Crippen LogP contribution >= 0.6 is 15.9 Å². The summed E-state index contributed by atoms with van der Waals surface area (Å²) in [4.78, 5) is 12.4. The Hall–Kier alpha value is -2.05. The predicted octanol–water partition coefficient (Wildman–Crippen LogP) is 4.85. The molecule has 0 saturated heterocycles. The maximum Gasteiger partial charge on any atom is 0.412 e. The van der Waals surface area contributed by atoms with Crippen LogP contribution in [0.1, 0.15) is 31.9 Å². The third kappa shape index (κ3) is 5.21. The molecule has 0 aliphatic carbocycles. The first-order chi connectivity index (χ1) is 11.8. The van der Waals surface area contributed by atoms with Gasteiger partial charge in [-0.15, -0.1) is 0 Å². The number of amides is 1. The van der Waals surface area contributed by atoms with Gasteiger partial charge in [0.2, 0.25) is 0 Å². The first-order valence-electron chi connectivity index (χ1n) is 7.95. The smallest absolute Gasteiger partial charge is 0.412 e. The summed E-state index contributed by atoms with van der Waals surface area (Å²) < 4.78 is 6.41. The van der Waals surface area contributed by atoms with E-state index in [1.165, 1.54) is 0 Å². The Kier molecular flexibility index (Phi) is 6.45. The zero-order valence-electron chi connectivity index (χ0n) is 14.2. The van der Waals surface area contributed by atoms with Crippen LogP contribution in [0, 0.1) is 5.41 Å². The van der Waals surface area contributed by atoms with Gasteiger partial charge in [0.05, 0.1) is 0 Å². The van der Waals surface area contributed by atoms with Gasteiger partial charge in [-0.05, 0) is 36.8 Å². The molecule has 0 aliphatic rings. The molecule has 0 spiro atoms. The van der Waals surface area contributed by atoms with E-state index in [1.54, 1.807) is 30.3 Å². The van der Waals surface area contributed by atoms with Gasteiger partial charge in [0, 0.05) is 27.7 Å². The van der Waals surface area contributed by atoms with E-state index in [2.05, 4.69) is 21.2 Å². The lowest BCUT2D eigenvalue weighted by Crippen LogP contribution is -2.30. The van der Waals surface area contributed by atoms with Crippen molar-refractivity contribution in [3.8, 4) is 5.75 Å². The van der Waals surface area contributed by atoms with Crippen molar-refractivity contribution in [1.82, 2.24) is 0 Å². The van der Waals surface area contributed by atoms with Crippen molar-refractivity contribution < 1.29 is 19.7 Å². The summed E-state index contributed by atoms with van der Waals surface area (Å²) in [5.41, 5.74) is 0.516. The summed E-state index contributed by atoms with van der Waals surface area (Å²) in [5, 5.41) is 22.3. The van der Waals surface area contributed by atoms with Gasteiger partial charge < -0.3 is 14.9 Å². The zero-order chi connectivity index (χ0) is 18.4. The molecule has 0 aliphatic heterocycles. The highest BCUT2D eigenvalue weighted by Gasteiger charge is 2.35. The molecular weight excluding hydrogens is 386 g/mol. The van der Waals surface area contributed by atoms with Gasteiger partial charge in [-0.3, -0.25) is 5.32 Å². The van der Waals surface area contributed by atoms with Crippen LogP contribution in [0.2, 0.25) is 0 Å². The molecule has 1 amide bonds. The fourth-order valence-corrected chi connectivity index (χ4v) is 2.95. The Morgan fingerprint density at radius 2 is 1.92 bits per heavy atom. The quantitative estimate of drug-likeness (QED) is 0.638. The lowest BCUT2D eigenvalue weighted by molar-refractivity contribution is 0.0138. The van der Waals surface area contributed by atoms with Gasteiger partial charge in [0.25, 0.3) is 0 Å². The first kappa shape index (κ1) is 19.3. The third-order valence-corrected chi connectivity index (χ3v) is 4.48. The average molecular weight is 408 g/mol. The average Bonchev–Trinajstić information content (AvgIpc) is 2.56. The number of hydrogen-bond donors (Lipinski definition) is 3. The summed E-state index contributed by atoms with van der Waals surface area (Å²) in [5.74, 6) is 0.0340. The number of halogens is 1. The molecule has 0 radical (unpaired) electrons. The van der Waals surface area contributed by atoms with Gasteiger partial charge >= 0.3 is 6.09 Å². The molecule has 1 atom stereocenters. The number of anilines is 1. The monoisotopic (exact) mass is 407 g/mol. The number of aliphatic hydroxyl groups excluding tert-OH is 1. The Labute approximate surface area is 155 Å². The topological polar surface area (TPSA) is 78.8 Å². The predicted molar refractivity (Wildman–Crippen MR) is 101 cm³/mol. The van der Waals surface area contributed by atoms with Crippen LogP contribution in [0.15, 0.2) is 53.0 Å². The number of nitrogens with one attached hydrogen (secondary N) is 1. The van der Waals surface area contributed by atoms with Crippen molar-refractivity contribution in [3.63, 3.8) is 0 Å². The van der Waals surface area contributed by atoms with Crippen molar-refractivity contribution >= 4 is 27.7 Å². The molecule has 2 aromatic rings. The molecule has 2 rings (SSSR count). The number of aliphatic hydroxyl groups is 1. The Morgan fingerprint density at radius 1 is 1.24 bits per heavy atom. The number of rotatable bonds is 6. The molecule has 2 aromatic carbocycles. The highest BCUT2D eigenvalue weighted by atomic mass is 79.9. The van der Waals surface area contributed by atoms with E-state index < -0.39 is 17.6 Å². The molecule has 25 heavy (non-hydrogen) atoms. The lowest BCUT2D eigenvalue weighted by Gasteiger charge is -2.34. The highest BCUT2D eigenvalue weighted by molar-refractivity contribution is 9.10. The molecule has 0 heterocycles. The number of carbonyl (C=O) groups is 1. The van der Waals surface area contributed by atoms with E-state index >= 15 is 0 Å². The normalized spacial score (nSPS) is 12.5. The number of ether oxygens (including phenoxy) is 1. The van der Waals surface area contributed by atoms with E-state index in [1.807, 2.05) is 32.0 Å². The number of carbonyl (C=O) groups excluding carboxylic acids is 1. The van der Waals surface area contributed by atoms with Crippen molar-refractivity contribution in [2.24, 2.45) is 5.41 Å². The second-order valence-corrected chi connectivity index (χ2v) is 7.36. The van der Waals surface area contributed by atoms with Gasteiger partial charge in [0.1, 0.15) is 11.9 Å². The van der Waals surface area contributed by atoms with Gasteiger partial charge in [0.15, 0.2) is 0 Å². The lowest BCUT2D eigenvalue weighted by atomic mass is 9.79. The number of phenols is 1. The van der Waals surface area contributed by atoms with Gasteiger partial charge in [-0.2, -0.15) is 0 Å². The molecule has 5 nitrogen and oxygen atoms in total. The van der Waals surface area contributed by atoms with E-state index in [4.69, 9.17) is 4.74 Å². The fraction of sp³-hybridized carbons (Fsp3) is 0.316. The number of aromatic hydroxyl groups is 1. The Balaban J connectivity index is 2.28. The molecule has 0 saturated carbocycles. The van der Waals surface area contributed by atoms with Crippen molar-refractivity contribution in [3.05, 3.63) is 58.6 Å². The maximum absolute atomic E-state index is 12.4. The molecule has 3 N–H and O–H groups in total. The first-order valence-corrected chi connectivity index (χ1v) is 8.75. The minimum absolute atomic E-state index is 0.0340. The van der Waals surface area contributed by atoms with Gasteiger partial charge in [-0.25, -0.2) is 4.79 Å². The van der Waals surface area contributed by atoms with Crippen LogP contribution in [0.5, 0.6) is 5.75 Å². The molecule has 134 valence electrons. The second kappa shape index (κ2) is 8.36. The van der Waals surface area contributed by atoms with Crippen LogP contribution in [0.4, 0.5) is 10.5 Å². The minimum Gasteiger partial charge on any atom is -0.508 e. The Morgan fingerprint density at radius 3 is 2.56 bits per heavy atom. The molecule has 0 bridgehead atoms. The number of hydrogen-bond acceptors (Lipinski definition) is 4. The van der Waals surface area contributed by atoms with Crippen LogP contribution in [0.25, 0.3) is 0 Å². The summed E-state index contributed by atoms with van der Waals surface area (Å²) in [7, 11) is 0.